The van der Waals surface area contributed by atoms with Gasteiger partial charge in [0.2, 0.25) is 0 Å². The number of hydrogen-bond donors (Lipinski definition) is 0. The van der Waals surface area contributed by atoms with E-state index in [-0.39, 0.29) is 6.42 Å². The average molecular weight is 152 g/mol. The molecule has 0 unspecified atom stereocenters. The molecule has 0 fully saturated rings. The largest absolute Gasteiger partial charge is 0.269 e. The van der Waals surface area contributed by atoms with E-state index in [0.29, 0.717) is 6.92 Å². The summed E-state index contributed by atoms with van der Waals surface area (Å²) >= 11 is 0. The SMILES string of the molecule is CC/C(=C(\C)F)C(C)(F)F. The molecule has 0 aliphatic heterocycles. The van der Waals surface area contributed by atoms with Crippen LogP contribution in [0.1, 0.15) is 27.2 Å². The Bertz CT molecular complexity index is 137. The minimum absolute atomic E-state index is 0.0613. The lowest BCUT2D eigenvalue weighted by atomic mass is 10.1. The van der Waals surface area contributed by atoms with Crippen molar-refractivity contribution < 1.29 is 13.2 Å². The highest BCUT2D eigenvalue weighted by molar-refractivity contribution is 5.13. The van der Waals surface area contributed by atoms with E-state index in [9.17, 15) is 13.2 Å². The van der Waals surface area contributed by atoms with Crippen molar-refractivity contribution in [2.45, 2.75) is 33.1 Å². The molecule has 0 nitrogen and oxygen atoms in total. The third kappa shape index (κ3) is 2.42. The van der Waals surface area contributed by atoms with Gasteiger partial charge in [-0.1, -0.05) is 6.92 Å². The molecule has 0 amide bonds. The summed E-state index contributed by atoms with van der Waals surface area (Å²) in [6.45, 7) is 3.26. The molecular weight excluding hydrogens is 141 g/mol. The summed E-state index contributed by atoms with van der Waals surface area (Å²) in [5.41, 5.74) is -0.410. The van der Waals surface area contributed by atoms with Gasteiger partial charge in [-0.05, 0) is 13.3 Å². The van der Waals surface area contributed by atoms with Crippen LogP contribution in [0.15, 0.2) is 11.4 Å². The second-order valence-corrected chi connectivity index (χ2v) is 2.25. The Hall–Kier alpha value is -0.470. The van der Waals surface area contributed by atoms with Gasteiger partial charge in [0.15, 0.2) is 0 Å². The van der Waals surface area contributed by atoms with Crippen LogP contribution >= 0.6 is 0 Å². The van der Waals surface area contributed by atoms with Crippen LogP contribution in [0.5, 0.6) is 0 Å². The molecule has 0 aliphatic rings. The van der Waals surface area contributed by atoms with Crippen LogP contribution < -0.4 is 0 Å². The Morgan fingerprint density at radius 2 is 1.80 bits per heavy atom. The van der Waals surface area contributed by atoms with E-state index in [1.54, 1.807) is 0 Å². The molecule has 0 atom stereocenters. The first-order valence-electron chi connectivity index (χ1n) is 3.13. The highest BCUT2D eigenvalue weighted by atomic mass is 19.3. The molecule has 0 aromatic heterocycles. The fourth-order valence-corrected chi connectivity index (χ4v) is 0.856. The van der Waals surface area contributed by atoms with E-state index in [4.69, 9.17) is 0 Å². The van der Waals surface area contributed by atoms with Crippen molar-refractivity contribution in [2.75, 3.05) is 0 Å². The summed E-state index contributed by atoms with van der Waals surface area (Å²) in [6, 6.07) is 0. The van der Waals surface area contributed by atoms with Gasteiger partial charge < -0.3 is 0 Å². The Morgan fingerprint density at radius 1 is 1.40 bits per heavy atom. The molecule has 0 saturated heterocycles. The van der Waals surface area contributed by atoms with Crippen LogP contribution in [0.2, 0.25) is 0 Å². The first-order chi connectivity index (χ1) is 4.39. The van der Waals surface area contributed by atoms with E-state index >= 15 is 0 Å². The number of hydrogen-bond acceptors (Lipinski definition) is 0. The zero-order valence-electron chi connectivity index (χ0n) is 6.34. The van der Waals surface area contributed by atoms with Gasteiger partial charge >= 0.3 is 0 Å². The lowest BCUT2D eigenvalue weighted by Gasteiger charge is -2.12. The van der Waals surface area contributed by atoms with E-state index < -0.39 is 17.3 Å². The highest BCUT2D eigenvalue weighted by Gasteiger charge is 2.27. The summed E-state index contributed by atoms with van der Waals surface area (Å²) < 4.78 is 36.9. The second kappa shape index (κ2) is 3.08. The van der Waals surface area contributed by atoms with E-state index in [0.717, 1.165) is 6.92 Å². The summed E-state index contributed by atoms with van der Waals surface area (Å²) in [6.07, 6.45) is 0.0613. The molecule has 3 heteroatoms. The van der Waals surface area contributed by atoms with Gasteiger partial charge in [-0.3, -0.25) is 0 Å². The zero-order valence-corrected chi connectivity index (χ0v) is 6.34. The highest BCUT2D eigenvalue weighted by Crippen LogP contribution is 2.28. The summed E-state index contributed by atoms with van der Waals surface area (Å²) in [5.74, 6) is -3.77. The van der Waals surface area contributed by atoms with E-state index in [1.807, 2.05) is 0 Å². The van der Waals surface area contributed by atoms with Crippen LogP contribution in [0.25, 0.3) is 0 Å². The first kappa shape index (κ1) is 9.53. The summed E-state index contributed by atoms with van der Waals surface area (Å²) in [4.78, 5) is 0. The van der Waals surface area contributed by atoms with Gasteiger partial charge in [0.25, 0.3) is 5.92 Å². The van der Waals surface area contributed by atoms with Crippen molar-refractivity contribution in [1.82, 2.24) is 0 Å². The fourth-order valence-electron chi connectivity index (χ4n) is 0.856. The molecular formula is C7H11F3. The number of alkyl halides is 2. The Morgan fingerprint density at radius 3 is 1.80 bits per heavy atom. The van der Waals surface area contributed by atoms with Gasteiger partial charge in [0, 0.05) is 12.5 Å². The molecule has 0 spiro atoms. The first-order valence-corrected chi connectivity index (χ1v) is 3.13. The third-order valence-electron chi connectivity index (χ3n) is 1.30. The van der Waals surface area contributed by atoms with E-state index in [1.165, 1.54) is 6.92 Å². The maximum Gasteiger partial charge on any atom is 0.269 e. The molecule has 0 aromatic rings. The van der Waals surface area contributed by atoms with E-state index in [2.05, 4.69) is 0 Å². The minimum atomic E-state index is -3.01. The topological polar surface area (TPSA) is 0 Å². The lowest BCUT2D eigenvalue weighted by Crippen LogP contribution is -2.14. The quantitative estimate of drug-likeness (QED) is 0.569. The molecule has 60 valence electrons. The predicted octanol–water partition coefficient (Wildman–Crippen LogP) is 3.30. The molecule has 0 rings (SSSR count). The minimum Gasteiger partial charge on any atom is -0.212 e. The Kier molecular flexibility index (Phi) is 2.94. The van der Waals surface area contributed by atoms with Gasteiger partial charge in [0.1, 0.15) is 5.83 Å². The monoisotopic (exact) mass is 152 g/mol. The molecule has 0 bridgehead atoms. The standard InChI is InChI=1S/C7H11F3/c1-4-6(5(2)8)7(3,9)10/h4H2,1-3H3/b6-5-. The average Bonchev–Trinajstić information content (AvgIpc) is 1.60. The van der Waals surface area contributed by atoms with Gasteiger partial charge in [0.05, 0.1) is 0 Å². The molecule has 0 N–H and O–H groups in total. The molecule has 0 heterocycles. The summed E-state index contributed by atoms with van der Waals surface area (Å²) in [5, 5.41) is 0. The smallest absolute Gasteiger partial charge is 0.212 e. The molecule has 10 heavy (non-hydrogen) atoms. The number of allylic oxidation sites excluding steroid dienone is 2. The van der Waals surface area contributed by atoms with Crippen molar-refractivity contribution in [3.05, 3.63) is 11.4 Å². The lowest BCUT2D eigenvalue weighted by molar-refractivity contribution is 0.0572. The second-order valence-electron chi connectivity index (χ2n) is 2.25. The molecule has 0 saturated carbocycles. The number of rotatable bonds is 2. The zero-order chi connectivity index (χ0) is 8.36. The van der Waals surface area contributed by atoms with Crippen LogP contribution in [0.3, 0.4) is 0 Å². The predicted molar refractivity (Wildman–Crippen MR) is 34.7 cm³/mol. The van der Waals surface area contributed by atoms with Crippen molar-refractivity contribution in [1.29, 1.82) is 0 Å². The Balaban J connectivity index is 4.55. The van der Waals surface area contributed by atoms with Crippen molar-refractivity contribution >= 4 is 0 Å². The van der Waals surface area contributed by atoms with Gasteiger partial charge in [-0.15, -0.1) is 0 Å². The molecule has 0 aromatic carbocycles. The third-order valence-corrected chi connectivity index (χ3v) is 1.30. The van der Waals surface area contributed by atoms with Gasteiger partial charge in [-0.2, -0.15) is 0 Å². The number of halogens is 3. The van der Waals surface area contributed by atoms with Gasteiger partial charge in [-0.25, -0.2) is 13.2 Å². The van der Waals surface area contributed by atoms with Crippen LogP contribution in [-0.4, -0.2) is 5.92 Å². The maximum absolute atomic E-state index is 12.3. The van der Waals surface area contributed by atoms with Crippen LogP contribution in [0.4, 0.5) is 13.2 Å². The van der Waals surface area contributed by atoms with Crippen molar-refractivity contribution in [3.8, 4) is 0 Å². The van der Waals surface area contributed by atoms with Crippen LogP contribution in [0, 0.1) is 0 Å². The molecule has 0 aliphatic carbocycles. The van der Waals surface area contributed by atoms with Crippen molar-refractivity contribution in [2.24, 2.45) is 0 Å². The summed E-state index contributed by atoms with van der Waals surface area (Å²) in [7, 11) is 0. The van der Waals surface area contributed by atoms with Crippen molar-refractivity contribution in [3.63, 3.8) is 0 Å². The Labute approximate surface area is 58.7 Å². The van der Waals surface area contributed by atoms with Crippen LogP contribution in [-0.2, 0) is 0 Å². The fraction of sp³-hybridized carbons (Fsp3) is 0.714. The maximum atomic E-state index is 12.3. The molecule has 0 radical (unpaired) electrons. The normalized spacial score (nSPS) is 15.0.